The van der Waals surface area contributed by atoms with Gasteiger partial charge in [0, 0.05) is 75.3 Å². The molecule has 2 aliphatic heterocycles. The summed E-state index contributed by atoms with van der Waals surface area (Å²) < 4.78 is 80.6. The average Bonchev–Trinajstić information content (AvgIpc) is 3.49. The summed E-state index contributed by atoms with van der Waals surface area (Å²) in [4.78, 5) is 13.3. The van der Waals surface area contributed by atoms with E-state index in [2.05, 4.69) is 74.1 Å². The number of likely N-dealkylation sites (tertiary alicyclic amines) is 2. The molecule has 10 rings (SSSR count). The Morgan fingerprint density at radius 1 is 0.776 bits per heavy atom. The van der Waals surface area contributed by atoms with Crippen LogP contribution in [0.4, 0.5) is 17.6 Å². The molecular formula is C29H37Cl3F4I2MnN6O4. The van der Waals surface area contributed by atoms with Crippen molar-refractivity contribution in [1.82, 2.24) is 28.9 Å². The van der Waals surface area contributed by atoms with Gasteiger partial charge in [-0.15, -0.1) is 0 Å². The van der Waals surface area contributed by atoms with Gasteiger partial charge in [-0.2, -0.15) is 4.98 Å². The van der Waals surface area contributed by atoms with Gasteiger partial charge in [0.15, 0.2) is 4.30 Å². The quantitative estimate of drug-likeness (QED) is 0.144. The van der Waals surface area contributed by atoms with Gasteiger partial charge in [-0.25, -0.2) is 22.5 Å². The average molecular weight is 1020 g/mol. The minimum atomic E-state index is -2.47. The number of aromatic nitrogens is 4. The monoisotopic (exact) mass is 1020 g/mol. The van der Waals surface area contributed by atoms with Gasteiger partial charge in [-0.3, -0.25) is 14.4 Å². The molecule has 6 saturated carbocycles. The number of hydrogen-bond acceptors (Lipinski definition) is 8. The van der Waals surface area contributed by atoms with Crippen molar-refractivity contribution in [2.24, 2.45) is 0 Å². The summed E-state index contributed by atoms with van der Waals surface area (Å²) in [5.74, 6) is -4.21. The molecule has 1 N–H and O–H groups in total. The van der Waals surface area contributed by atoms with Crippen molar-refractivity contribution in [3.8, 4) is 6.01 Å². The number of aliphatic hydroxyl groups is 1. The first-order valence-electron chi connectivity index (χ1n) is 15.6. The molecule has 4 heterocycles. The van der Waals surface area contributed by atoms with E-state index in [1.54, 1.807) is 7.11 Å². The number of aliphatic hydroxyl groups excluding tert-OH is 1. The van der Waals surface area contributed by atoms with Crippen LogP contribution in [0.2, 0.25) is 0 Å². The van der Waals surface area contributed by atoms with E-state index in [9.17, 15) is 22.7 Å². The van der Waals surface area contributed by atoms with E-state index in [4.69, 9.17) is 47.2 Å². The summed E-state index contributed by atoms with van der Waals surface area (Å²) >= 11 is 17.3. The molecule has 0 spiro atoms. The molecule has 2 aromatic heterocycles. The number of rotatable bonds is 6. The summed E-state index contributed by atoms with van der Waals surface area (Å²) in [6, 6.07) is 0.665. The Morgan fingerprint density at radius 3 is 1.49 bits per heavy atom. The van der Waals surface area contributed by atoms with Gasteiger partial charge in [0.25, 0.3) is 17.9 Å². The molecule has 0 amide bonds. The van der Waals surface area contributed by atoms with Crippen molar-refractivity contribution in [2.75, 3.05) is 33.3 Å². The van der Waals surface area contributed by atoms with E-state index < -0.39 is 31.0 Å². The van der Waals surface area contributed by atoms with Crippen LogP contribution < -0.4 is 4.74 Å². The summed E-state index contributed by atoms with van der Waals surface area (Å²) in [6.45, 7) is 2.03. The molecule has 2 aromatic rings. The first-order valence-corrected chi connectivity index (χ1v) is 20.1. The Kier molecular flexibility index (Phi) is 12.5. The molecule has 8 fully saturated rings. The number of alkyl halides is 7. The Bertz CT molecular complexity index is 1380. The van der Waals surface area contributed by atoms with Crippen LogP contribution in [-0.2, 0) is 40.2 Å². The Hall–Kier alpha value is 0.269. The van der Waals surface area contributed by atoms with E-state index >= 15 is 0 Å². The van der Waals surface area contributed by atoms with Crippen LogP contribution in [-0.4, -0.2) is 94.5 Å². The molecule has 0 radical (unpaired) electrons. The van der Waals surface area contributed by atoms with Crippen LogP contribution in [0.1, 0.15) is 70.0 Å². The van der Waals surface area contributed by atoms with E-state index in [0.717, 1.165) is 51.8 Å². The van der Waals surface area contributed by atoms with E-state index in [-0.39, 0.29) is 54.4 Å². The van der Waals surface area contributed by atoms with Crippen molar-refractivity contribution >= 4 is 80.0 Å². The SMILES string of the molecule is COc1nc(I)cn1C12CC(N3CCC(F)(F)CC3)(C1)C2.ClC(Cl)Cl.OCc1nc(I)cn1C12CC(N3CCC(F)(F)CC3)(C1)C2.[O]=[Mn]=[O]. The third-order valence-corrected chi connectivity index (χ3v) is 12.1. The molecular weight excluding hydrogens is 987 g/mol. The molecule has 0 unspecified atom stereocenters. The second kappa shape index (κ2) is 15.2. The zero-order chi connectivity index (χ0) is 36.0. The molecule has 8 aliphatic rings. The number of piperidine rings is 2. The Labute approximate surface area is 330 Å². The second-order valence-corrected chi connectivity index (χ2v) is 18.3. The predicted molar refractivity (Wildman–Crippen MR) is 186 cm³/mol. The fourth-order valence-electron chi connectivity index (χ4n) is 8.89. The molecule has 2 saturated heterocycles. The van der Waals surface area contributed by atoms with Gasteiger partial charge < -0.3 is 14.4 Å². The fraction of sp³-hybridized carbons (Fsp3) is 0.793. The first-order chi connectivity index (χ1) is 22.9. The zero-order valence-electron chi connectivity index (χ0n) is 26.5. The van der Waals surface area contributed by atoms with Crippen molar-refractivity contribution in [1.29, 1.82) is 0 Å². The molecule has 0 atom stereocenters. The molecule has 20 heteroatoms. The van der Waals surface area contributed by atoms with Gasteiger partial charge in [-0.05, 0) is 83.7 Å². The predicted octanol–water partition coefficient (Wildman–Crippen LogP) is 6.95. The van der Waals surface area contributed by atoms with Crippen LogP contribution in [0.3, 0.4) is 0 Å². The van der Waals surface area contributed by atoms with Gasteiger partial charge in [-0.1, -0.05) is 34.8 Å². The fourth-order valence-corrected chi connectivity index (χ4v) is 9.93. The van der Waals surface area contributed by atoms with Crippen molar-refractivity contribution < 1.29 is 49.9 Å². The van der Waals surface area contributed by atoms with Crippen LogP contribution >= 0.6 is 80.0 Å². The Balaban J connectivity index is 0.000000161. The van der Waals surface area contributed by atoms with Gasteiger partial charge in [0.2, 0.25) is 0 Å². The molecule has 277 valence electrons. The molecule has 6 aliphatic carbocycles. The number of hydrogen-bond donors (Lipinski definition) is 1. The molecule has 0 aromatic carbocycles. The number of imidazole rings is 2. The number of halogens is 9. The summed E-state index contributed by atoms with van der Waals surface area (Å²) in [7, 11) is 1.64. The van der Waals surface area contributed by atoms with Crippen molar-refractivity contribution in [2.45, 2.75) is 109 Å². The van der Waals surface area contributed by atoms with Gasteiger partial charge in [0.1, 0.15) is 19.8 Å². The van der Waals surface area contributed by atoms with Gasteiger partial charge in [0.05, 0.1) is 18.2 Å². The van der Waals surface area contributed by atoms with E-state index in [0.29, 0.717) is 32.2 Å². The normalized spacial score (nSPS) is 33.4. The van der Waals surface area contributed by atoms with Crippen LogP contribution in [0.5, 0.6) is 6.01 Å². The van der Waals surface area contributed by atoms with E-state index in [1.165, 1.54) is 0 Å². The summed E-state index contributed by atoms with van der Waals surface area (Å²) in [5.41, 5.74) is 0.492. The summed E-state index contributed by atoms with van der Waals surface area (Å²) in [5, 5.41) is 9.42. The van der Waals surface area contributed by atoms with E-state index in [1.807, 2.05) is 12.4 Å². The van der Waals surface area contributed by atoms with Crippen LogP contribution in [0, 0.1) is 7.40 Å². The van der Waals surface area contributed by atoms with Crippen LogP contribution in [0.25, 0.3) is 0 Å². The molecule has 10 nitrogen and oxygen atoms in total. The van der Waals surface area contributed by atoms with Gasteiger partial charge >= 0.3 is 22.5 Å². The standard InChI is InChI=1S/2C14H18F2IN3O.CHCl3.Mn.2O/c1-21-11-18-10(17)6-20(11)13-7-12(8-13,9-13)19-4-2-14(15,16)3-5-19;15-14(16)1-3-19(4-2-14)12-7-13(8-12,9-12)20-5-10(17)18-11(20)6-21;2-1(3)4;;;/h6H,2-5,7-9H2,1H3;5,21H,1-4,6-9H2;1H;;;. The number of ether oxygens (including phenoxy) is 1. The maximum absolute atomic E-state index is 13.3. The van der Waals surface area contributed by atoms with Crippen LogP contribution in [0.15, 0.2) is 12.4 Å². The first kappa shape index (κ1) is 40.5. The van der Waals surface area contributed by atoms with Crippen molar-refractivity contribution in [3.05, 3.63) is 25.6 Å². The third kappa shape index (κ3) is 8.20. The minimum absolute atomic E-state index is 0.00733. The number of nitrogens with zero attached hydrogens (tertiary/aromatic N) is 6. The third-order valence-electron chi connectivity index (χ3n) is 11.0. The second-order valence-electron chi connectivity index (χ2n) is 13.9. The molecule has 4 bridgehead atoms. The number of methoxy groups -OCH3 is 1. The Morgan fingerprint density at radius 2 is 1.12 bits per heavy atom. The molecule has 49 heavy (non-hydrogen) atoms. The summed E-state index contributed by atoms with van der Waals surface area (Å²) in [6.07, 6.45) is 10.2. The van der Waals surface area contributed by atoms with Crippen molar-refractivity contribution in [3.63, 3.8) is 0 Å². The topological polar surface area (TPSA) is 106 Å². The maximum atomic E-state index is 13.3. The zero-order valence-corrected chi connectivity index (χ0v) is 34.2.